The Bertz CT molecular complexity index is 374. The third-order valence-electron chi connectivity index (χ3n) is 3.80. The molecule has 1 aliphatic rings. The quantitative estimate of drug-likeness (QED) is 0.609. The molecule has 0 N–H and O–H groups in total. The second-order valence-corrected chi connectivity index (χ2v) is 5.42. The third-order valence-corrected chi connectivity index (χ3v) is 3.80. The lowest BCUT2D eigenvalue weighted by atomic mass is 9.97. The molecule has 1 aromatic rings. The SMILES string of the molecule is CCCCCC/C(=C\C1CCCO1)c1ccccc1. The fourth-order valence-electron chi connectivity index (χ4n) is 2.68. The molecule has 19 heavy (non-hydrogen) atoms. The van der Waals surface area contributed by atoms with Gasteiger partial charge in [0.25, 0.3) is 0 Å². The average Bonchev–Trinajstić information content (AvgIpc) is 2.96. The number of ether oxygens (including phenoxy) is 1. The Balaban J connectivity index is 2.00. The first-order chi connectivity index (χ1) is 9.40. The Hall–Kier alpha value is -1.08. The first-order valence-electron chi connectivity index (χ1n) is 7.78. The van der Waals surface area contributed by atoms with Crippen molar-refractivity contribution in [3.8, 4) is 0 Å². The molecule has 0 saturated carbocycles. The van der Waals surface area contributed by atoms with E-state index in [0.717, 1.165) is 6.61 Å². The molecule has 0 aliphatic carbocycles. The summed E-state index contributed by atoms with van der Waals surface area (Å²) >= 11 is 0. The normalized spacial score (nSPS) is 19.8. The molecule has 1 nitrogen and oxygen atoms in total. The lowest BCUT2D eigenvalue weighted by Gasteiger charge is -2.11. The maximum atomic E-state index is 5.76. The Kier molecular flexibility index (Phi) is 6.16. The summed E-state index contributed by atoms with van der Waals surface area (Å²) < 4.78 is 5.76. The number of benzene rings is 1. The van der Waals surface area contributed by atoms with Gasteiger partial charge in [-0.25, -0.2) is 0 Å². The minimum absolute atomic E-state index is 0.349. The summed E-state index contributed by atoms with van der Waals surface area (Å²) in [5, 5.41) is 0. The average molecular weight is 258 g/mol. The minimum Gasteiger partial charge on any atom is -0.374 e. The van der Waals surface area contributed by atoms with Gasteiger partial charge in [0.15, 0.2) is 0 Å². The molecule has 1 heteroatoms. The number of hydrogen-bond acceptors (Lipinski definition) is 1. The second kappa shape index (κ2) is 8.16. The number of hydrogen-bond donors (Lipinski definition) is 0. The highest BCUT2D eigenvalue weighted by atomic mass is 16.5. The van der Waals surface area contributed by atoms with Crippen molar-refractivity contribution in [2.75, 3.05) is 6.61 Å². The monoisotopic (exact) mass is 258 g/mol. The van der Waals surface area contributed by atoms with E-state index in [4.69, 9.17) is 4.74 Å². The Morgan fingerprint density at radius 3 is 2.74 bits per heavy atom. The molecule has 0 bridgehead atoms. The lowest BCUT2D eigenvalue weighted by molar-refractivity contribution is 0.146. The van der Waals surface area contributed by atoms with E-state index in [1.165, 1.54) is 56.1 Å². The second-order valence-electron chi connectivity index (χ2n) is 5.42. The summed E-state index contributed by atoms with van der Waals surface area (Å²) in [5.41, 5.74) is 2.85. The van der Waals surface area contributed by atoms with Crippen molar-refractivity contribution >= 4 is 5.57 Å². The molecule has 1 saturated heterocycles. The van der Waals surface area contributed by atoms with Crippen LogP contribution in [0.15, 0.2) is 36.4 Å². The first kappa shape index (κ1) is 14.3. The highest BCUT2D eigenvalue weighted by Gasteiger charge is 2.14. The highest BCUT2D eigenvalue weighted by Crippen LogP contribution is 2.25. The molecule has 0 spiro atoms. The van der Waals surface area contributed by atoms with Crippen molar-refractivity contribution in [2.45, 2.75) is 58.0 Å². The minimum atomic E-state index is 0.349. The van der Waals surface area contributed by atoms with Crippen LogP contribution in [0.2, 0.25) is 0 Å². The fourth-order valence-corrected chi connectivity index (χ4v) is 2.68. The first-order valence-corrected chi connectivity index (χ1v) is 7.78. The van der Waals surface area contributed by atoms with Crippen LogP contribution in [-0.4, -0.2) is 12.7 Å². The largest absolute Gasteiger partial charge is 0.374 e. The van der Waals surface area contributed by atoms with Gasteiger partial charge in [-0.15, -0.1) is 0 Å². The van der Waals surface area contributed by atoms with Crippen molar-refractivity contribution in [1.29, 1.82) is 0 Å². The van der Waals surface area contributed by atoms with Gasteiger partial charge in [-0.3, -0.25) is 0 Å². The van der Waals surface area contributed by atoms with Crippen LogP contribution in [0, 0.1) is 0 Å². The molecule has 1 fully saturated rings. The van der Waals surface area contributed by atoms with Gasteiger partial charge in [-0.1, -0.05) is 62.6 Å². The van der Waals surface area contributed by atoms with E-state index in [1.807, 2.05) is 0 Å². The van der Waals surface area contributed by atoms with Crippen molar-refractivity contribution < 1.29 is 4.74 Å². The maximum absolute atomic E-state index is 5.76. The van der Waals surface area contributed by atoms with Crippen LogP contribution in [0.1, 0.15) is 57.4 Å². The maximum Gasteiger partial charge on any atom is 0.0762 e. The van der Waals surface area contributed by atoms with E-state index in [-0.39, 0.29) is 0 Å². The summed E-state index contributed by atoms with van der Waals surface area (Å²) in [6.07, 6.45) is 11.6. The van der Waals surface area contributed by atoms with Gasteiger partial charge >= 0.3 is 0 Å². The summed E-state index contributed by atoms with van der Waals surface area (Å²) in [7, 11) is 0. The van der Waals surface area contributed by atoms with Crippen LogP contribution in [-0.2, 0) is 4.74 Å². The van der Waals surface area contributed by atoms with Gasteiger partial charge in [0, 0.05) is 6.61 Å². The fraction of sp³-hybridized carbons (Fsp3) is 0.556. The molecule has 1 aromatic carbocycles. The van der Waals surface area contributed by atoms with Crippen molar-refractivity contribution in [3.63, 3.8) is 0 Å². The van der Waals surface area contributed by atoms with Crippen LogP contribution >= 0.6 is 0 Å². The molecule has 1 heterocycles. The molecule has 1 atom stereocenters. The van der Waals surface area contributed by atoms with Crippen molar-refractivity contribution in [3.05, 3.63) is 42.0 Å². The molecule has 1 unspecified atom stereocenters. The van der Waals surface area contributed by atoms with E-state index in [2.05, 4.69) is 43.3 Å². The van der Waals surface area contributed by atoms with Crippen molar-refractivity contribution in [2.24, 2.45) is 0 Å². The topological polar surface area (TPSA) is 9.23 Å². The van der Waals surface area contributed by atoms with Crippen LogP contribution in [0.25, 0.3) is 5.57 Å². The molecular weight excluding hydrogens is 232 g/mol. The lowest BCUT2D eigenvalue weighted by Crippen LogP contribution is -2.01. The zero-order valence-corrected chi connectivity index (χ0v) is 12.1. The molecule has 0 radical (unpaired) electrons. The Labute approximate surface area is 117 Å². The van der Waals surface area contributed by atoms with E-state index in [0.29, 0.717) is 6.10 Å². The molecule has 1 aliphatic heterocycles. The summed E-state index contributed by atoms with van der Waals surface area (Å²) in [5.74, 6) is 0. The number of rotatable bonds is 7. The summed E-state index contributed by atoms with van der Waals surface area (Å²) in [6, 6.07) is 10.8. The van der Waals surface area contributed by atoms with Gasteiger partial charge in [0.1, 0.15) is 0 Å². The number of unbranched alkanes of at least 4 members (excludes halogenated alkanes) is 3. The Morgan fingerprint density at radius 2 is 2.05 bits per heavy atom. The van der Waals surface area contributed by atoms with Crippen LogP contribution in [0.3, 0.4) is 0 Å². The van der Waals surface area contributed by atoms with E-state index < -0.39 is 0 Å². The van der Waals surface area contributed by atoms with E-state index in [9.17, 15) is 0 Å². The summed E-state index contributed by atoms with van der Waals surface area (Å²) in [4.78, 5) is 0. The molecule has 104 valence electrons. The van der Waals surface area contributed by atoms with Crippen molar-refractivity contribution in [1.82, 2.24) is 0 Å². The van der Waals surface area contributed by atoms with Gasteiger partial charge in [-0.05, 0) is 36.8 Å². The Morgan fingerprint density at radius 1 is 1.21 bits per heavy atom. The third kappa shape index (κ3) is 4.83. The molecule has 0 aromatic heterocycles. The van der Waals surface area contributed by atoms with E-state index in [1.54, 1.807) is 0 Å². The molecular formula is C18H26O. The van der Waals surface area contributed by atoms with Crippen LogP contribution in [0.4, 0.5) is 0 Å². The molecule has 0 amide bonds. The van der Waals surface area contributed by atoms with Gasteiger partial charge in [0.2, 0.25) is 0 Å². The van der Waals surface area contributed by atoms with Crippen LogP contribution < -0.4 is 0 Å². The van der Waals surface area contributed by atoms with Gasteiger partial charge < -0.3 is 4.74 Å². The predicted molar refractivity (Wildman–Crippen MR) is 82.2 cm³/mol. The predicted octanol–water partition coefficient (Wildman–Crippen LogP) is 5.22. The summed E-state index contributed by atoms with van der Waals surface area (Å²) in [6.45, 7) is 3.19. The van der Waals surface area contributed by atoms with Gasteiger partial charge in [-0.2, -0.15) is 0 Å². The number of allylic oxidation sites excluding steroid dienone is 1. The van der Waals surface area contributed by atoms with Gasteiger partial charge in [0.05, 0.1) is 6.10 Å². The standard InChI is InChI=1S/C18H26O/c1-2-3-4-6-12-17(15-18-13-9-14-19-18)16-10-7-5-8-11-16/h5,7-8,10-11,15,18H,2-4,6,9,12-14H2,1H3/b17-15+. The molecule has 2 rings (SSSR count). The zero-order chi connectivity index (χ0) is 13.3. The highest BCUT2D eigenvalue weighted by molar-refractivity contribution is 5.65. The van der Waals surface area contributed by atoms with Crippen LogP contribution in [0.5, 0.6) is 0 Å². The van der Waals surface area contributed by atoms with E-state index >= 15 is 0 Å². The zero-order valence-electron chi connectivity index (χ0n) is 12.1. The smallest absolute Gasteiger partial charge is 0.0762 e.